The molecule has 0 spiro atoms. The minimum absolute atomic E-state index is 0.108. The summed E-state index contributed by atoms with van der Waals surface area (Å²) in [6.45, 7) is 8.48. The largest absolute Gasteiger partial charge is 0.503 e. The van der Waals surface area contributed by atoms with E-state index in [4.69, 9.17) is 14.2 Å². The van der Waals surface area contributed by atoms with E-state index in [-0.39, 0.29) is 17.8 Å². The second kappa shape index (κ2) is 10.3. The van der Waals surface area contributed by atoms with Crippen LogP contribution in [0, 0.1) is 0 Å². The van der Waals surface area contributed by atoms with Crippen molar-refractivity contribution in [3.05, 3.63) is 29.0 Å². The summed E-state index contributed by atoms with van der Waals surface area (Å²) in [5, 5.41) is 10.6. The fraction of sp³-hybridized carbons (Fsp3) is 0.545. The van der Waals surface area contributed by atoms with Crippen LogP contribution in [0.15, 0.2) is 23.5 Å². The van der Waals surface area contributed by atoms with E-state index in [1.807, 2.05) is 13.8 Å². The van der Waals surface area contributed by atoms with Crippen LogP contribution in [0.25, 0.3) is 0 Å². The second-order valence-electron chi connectivity index (χ2n) is 6.93. The number of hydrogen-bond acceptors (Lipinski definition) is 7. The highest BCUT2D eigenvalue weighted by molar-refractivity contribution is 6.08. The third kappa shape index (κ3) is 4.38. The van der Waals surface area contributed by atoms with Gasteiger partial charge in [0.15, 0.2) is 23.0 Å². The summed E-state index contributed by atoms with van der Waals surface area (Å²) in [4.78, 5) is 29.3. The highest BCUT2D eigenvalue weighted by Gasteiger charge is 2.43. The number of benzene rings is 1. The van der Waals surface area contributed by atoms with Gasteiger partial charge in [0, 0.05) is 19.5 Å². The molecule has 8 heteroatoms. The summed E-state index contributed by atoms with van der Waals surface area (Å²) in [6.07, 6.45) is 0.178. The summed E-state index contributed by atoms with van der Waals surface area (Å²) >= 11 is 0. The van der Waals surface area contributed by atoms with Gasteiger partial charge in [0.2, 0.25) is 5.75 Å². The van der Waals surface area contributed by atoms with Gasteiger partial charge in [-0.05, 0) is 30.8 Å². The van der Waals surface area contributed by atoms with Crippen molar-refractivity contribution in [3.8, 4) is 17.2 Å². The number of nitrogens with zero attached hydrogens (tertiary/aromatic N) is 2. The molecule has 0 aromatic heterocycles. The molecule has 1 N–H and O–H groups in total. The average Bonchev–Trinajstić information content (AvgIpc) is 3.02. The van der Waals surface area contributed by atoms with E-state index in [2.05, 4.69) is 4.90 Å². The minimum Gasteiger partial charge on any atom is -0.503 e. The van der Waals surface area contributed by atoms with Crippen LogP contribution in [0.2, 0.25) is 0 Å². The lowest BCUT2D eigenvalue weighted by Gasteiger charge is -2.30. The Balaban J connectivity index is 2.59. The Morgan fingerprint density at radius 1 is 1.07 bits per heavy atom. The molecular weight excluding hydrogens is 388 g/mol. The van der Waals surface area contributed by atoms with Crippen LogP contribution in [-0.4, -0.2) is 74.1 Å². The van der Waals surface area contributed by atoms with E-state index in [0.717, 1.165) is 13.1 Å². The summed E-state index contributed by atoms with van der Waals surface area (Å²) in [5.41, 5.74) is 0.717. The molecule has 1 aromatic rings. The summed E-state index contributed by atoms with van der Waals surface area (Å²) in [5.74, 6) is -0.0579. The van der Waals surface area contributed by atoms with E-state index >= 15 is 0 Å². The molecule has 1 unspecified atom stereocenters. The van der Waals surface area contributed by atoms with Crippen LogP contribution < -0.4 is 14.2 Å². The molecule has 0 saturated heterocycles. The number of hydrogen-bond donors (Lipinski definition) is 1. The van der Waals surface area contributed by atoms with E-state index in [9.17, 15) is 14.7 Å². The molecule has 1 aliphatic heterocycles. The number of likely N-dealkylation sites (N-methyl/N-ethyl adjacent to an activating group) is 1. The lowest BCUT2D eigenvalue weighted by atomic mass is 9.94. The third-order valence-electron chi connectivity index (χ3n) is 5.48. The Labute approximate surface area is 178 Å². The zero-order valence-electron chi connectivity index (χ0n) is 18.7. The van der Waals surface area contributed by atoms with Crippen molar-refractivity contribution >= 4 is 11.7 Å². The number of rotatable bonds is 11. The number of carbonyl (C=O) groups is 2. The summed E-state index contributed by atoms with van der Waals surface area (Å²) < 4.78 is 16.3. The molecule has 1 aliphatic rings. The van der Waals surface area contributed by atoms with Crippen LogP contribution in [0.4, 0.5) is 0 Å². The van der Waals surface area contributed by atoms with Gasteiger partial charge in [-0.15, -0.1) is 0 Å². The Morgan fingerprint density at radius 3 is 2.07 bits per heavy atom. The van der Waals surface area contributed by atoms with E-state index in [1.54, 1.807) is 19.1 Å². The van der Waals surface area contributed by atoms with Crippen molar-refractivity contribution in [1.29, 1.82) is 0 Å². The predicted octanol–water partition coefficient (Wildman–Crippen LogP) is 2.73. The van der Waals surface area contributed by atoms with Gasteiger partial charge >= 0.3 is 0 Å². The molecule has 1 heterocycles. The Kier molecular flexibility index (Phi) is 8.11. The van der Waals surface area contributed by atoms with Gasteiger partial charge in [-0.2, -0.15) is 0 Å². The van der Waals surface area contributed by atoms with Crippen molar-refractivity contribution in [2.45, 2.75) is 33.2 Å². The zero-order chi connectivity index (χ0) is 22.4. The second-order valence-corrected chi connectivity index (χ2v) is 6.93. The number of carbonyl (C=O) groups excluding carboxylic acids is 2. The first-order valence-electron chi connectivity index (χ1n) is 10.2. The molecule has 0 radical (unpaired) electrons. The molecule has 1 aromatic carbocycles. The Hall–Kier alpha value is -2.74. The predicted molar refractivity (Wildman–Crippen MR) is 113 cm³/mol. The smallest absolute Gasteiger partial charge is 0.290 e. The summed E-state index contributed by atoms with van der Waals surface area (Å²) in [6, 6.07) is 2.70. The number of ether oxygens (including phenoxy) is 3. The van der Waals surface area contributed by atoms with Gasteiger partial charge in [-0.25, -0.2) is 0 Å². The number of amides is 1. The molecule has 0 bridgehead atoms. The lowest BCUT2D eigenvalue weighted by molar-refractivity contribution is -0.129. The van der Waals surface area contributed by atoms with Crippen LogP contribution >= 0.6 is 0 Å². The topological polar surface area (TPSA) is 88.5 Å². The van der Waals surface area contributed by atoms with Crippen LogP contribution in [0.1, 0.15) is 38.8 Å². The van der Waals surface area contributed by atoms with Gasteiger partial charge in [0.1, 0.15) is 0 Å². The Morgan fingerprint density at radius 2 is 1.63 bits per heavy atom. The van der Waals surface area contributed by atoms with Gasteiger partial charge in [-0.3, -0.25) is 9.59 Å². The highest BCUT2D eigenvalue weighted by atomic mass is 16.5. The maximum absolute atomic E-state index is 12.9. The van der Waals surface area contributed by atoms with Gasteiger partial charge in [-0.1, -0.05) is 20.8 Å². The lowest BCUT2D eigenvalue weighted by Crippen LogP contribution is -2.38. The maximum Gasteiger partial charge on any atom is 0.290 e. The first-order valence-corrected chi connectivity index (χ1v) is 10.2. The molecule has 30 heavy (non-hydrogen) atoms. The van der Waals surface area contributed by atoms with Crippen molar-refractivity contribution < 1.29 is 28.9 Å². The fourth-order valence-corrected chi connectivity index (χ4v) is 3.75. The molecule has 0 fully saturated rings. The standard InChI is InChI=1S/C22H32N2O6/c1-7-15(25)18-19(14-12-16(28-4)21(30-6)17(13-14)29-5)24(22(27)20(18)26)11-10-23(8-2)9-3/h12-13,19,26H,7-11H2,1-6H3. The van der Waals surface area contributed by atoms with E-state index in [0.29, 0.717) is 35.9 Å². The fourth-order valence-electron chi connectivity index (χ4n) is 3.75. The van der Waals surface area contributed by atoms with E-state index in [1.165, 1.54) is 26.2 Å². The highest BCUT2D eigenvalue weighted by Crippen LogP contribution is 2.45. The third-order valence-corrected chi connectivity index (χ3v) is 5.48. The average molecular weight is 421 g/mol. The molecule has 0 saturated carbocycles. The molecule has 1 amide bonds. The quantitative estimate of drug-likeness (QED) is 0.589. The van der Waals surface area contributed by atoms with Crippen LogP contribution in [0.5, 0.6) is 17.2 Å². The molecule has 166 valence electrons. The van der Waals surface area contributed by atoms with Crippen molar-refractivity contribution in [3.63, 3.8) is 0 Å². The molecule has 8 nitrogen and oxygen atoms in total. The number of aliphatic hydroxyl groups excluding tert-OH is 1. The molecular formula is C22H32N2O6. The normalized spacial score (nSPS) is 16.4. The minimum atomic E-state index is -0.728. The van der Waals surface area contributed by atoms with E-state index < -0.39 is 17.7 Å². The first kappa shape index (κ1) is 23.5. The SMILES string of the molecule is CCC(=O)C1=C(O)C(=O)N(CCN(CC)CC)C1c1cc(OC)c(OC)c(OC)c1. The molecule has 2 rings (SSSR count). The van der Waals surface area contributed by atoms with Crippen LogP contribution in [0.3, 0.4) is 0 Å². The number of methoxy groups -OCH3 is 3. The number of ketones is 1. The van der Waals surface area contributed by atoms with Gasteiger partial charge in [0.25, 0.3) is 5.91 Å². The monoisotopic (exact) mass is 420 g/mol. The van der Waals surface area contributed by atoms with Crippen molar-refractivity contribution in [1.82, 2.24) is 9.80 Å². The van der Waals surface area contributed by atoms with Gasteiger partial charge < -0.3 is 29.1 Å². The summed E-state index contributed by atoms with van der Waals surface area (Å²) in [7, 11) is 4.52. The zero-order valence-corrected chi connectivity index (χ0v) is 18.7. The number of Topliss-reactive ketones (excluding diaryl/α,β-unsaturated/α-hetero) is 1. The van der Waals surface area contributed by atoms with Crippen molar-refractivity contribution in [2.24, 2.45) is 0 Å². The maximum atomic E-state index is 12.9. The van der Waals surface area contributed by atoms with Crippen molar-refractivity contribution in [2.75, 3.05) is 47.5 Å². The Bertz CT molecular complexity index is 791. The van der Waals surface area contributed by atoms with Crippen LogP contribution in [-0.2, 0) is 9.59 Å². The van der Waals surface area contributed by atoms with Gasteiger partial charge in [0.05, 0.1) is 32.9 Å². The first-order chi connectivity index (χ1) is 14.4. The number of aliphatic hydroxyl groups is 1. The molecule has 0 aliphatic carbocycles. The molecule has 1 atom stereocenters.